The maximum Gasteiger partial charge on any atom is 0.574 e. The molecule has 0 amide bonds. The van der Waals surface area contributed by atoms with Gasteiger partial charge in [-0.25, -0.2) is 4.98 Å². The van der Waals surface area contributed by atoms with Crippen molar-refractivity contribution < 1.29 is 45.3 Å². The lowest BCUT2D eigenvalue weighted by atomic mass is 10.2. The minimum Gasteiger partial charge on any atom is -0.496 e. The van der Waals surface area contributed by atoms with Crippen molar-refractivity contribution in [1.82, 2.24) is 4.98 Å². The number of hydrogen-bond acceptors (Lipinski definition) is 5. The number of aromatic nitrogens is 1. The lowest BCUT2D eigenvalue weighted by molar-refractivity contribution is -0.278. The van der Waals surface area contributed by atoms with Crippen molar-refractivity contribution in [2.45, 2.75) is 19.0 Å². The molecule has 0 bridgehead atoms. The van der Waals surface area contributed by atoms with Gasteiger partial charge in [-0.15, -0.1) is 13.2 Å². The molecule has 0 N–H and O–H groups in total. The molecule has 124 valence electrons. The van der Waals surface area contributed by atoms with Gasteiger partial charge < -0.3 is 14.2 Å². The van der Waals surface area contributed by atoms with Gasteiger partial charge in [-0.2, -0.15) is 13.2 Å². The molecule has 0 spiro atoms. The molecule has 0 unspecified atom stereocenters. The van der Waals surface area contributed by atoms with Crippen LogP contribution in [-0.2, 0) is 22.1 Å². The third-order valence-electron chi connectivity index (χ3n) is 2.27. The van der Waals surface area contributed by atoms with E-state index in [-0.39, 0.29) is 0 Å². The van der Waals surface area contributed by atoms with Gasteiger partial charge in [0.15, 0.2) is 5.56 Å². The number of halogens is 6. The minimum atomic E-state index is -5.40. The largest absolute Gasteiger partial charge is 0.574 e. The molecule has 0 fully saturated rings. The van der Waals surface area contributed by atoms with Crippen molar-refractivity contribution >= 4 is 5.97 Å². The number of alkyl halides is 6. The van der Waals surface area contributed by atoms with Crippen LogP contribution in [0.2, 0.25) is 0 Å². The van der Waals surface area contributed by atoms with E-state index >= 15 is 0 Å². The molecule has 11 heteroatoms. The average Bonchev–Trinajstić information content (AvgIpc) is 2.34. The first-order valence-electron chi connectivity index (χ1n) is 5.45. The molecule has 0 saturated carbocycles. The monoisotopic (exact) mass is 333 g/mol. The van der Waals surface area contributed by atoms with Crippen LogP contribution in [0.15, 0.2) is 6.07 Å². The van der Waals surface area contributed by atoms with E-state index in [2.05, 4.69) is 19.2 Å². The summed E-state index contributed by atoms with van der Waals surface area (Å²) in [5.74, 6) is -3.62. The summed E-state index contributed by atoms with van der Waals surface area (Å²) < 4.78 is 87.3. The molecule has 0 saturated heterocycles. The van der Waals surface area contributed by atoms with Crippen molar-refractivity contribution in [3.05, 3.63) is 17.3 Å². The zero-order valence-corrected chi connectivity index (χ0v) is 11.1. The second-order valence-electron chi connectivity index (χ2n) is 3.79. The van der Waals surface area contributed by atoms with Gasteiger partial charge in [-0.1, -0.05) is 0 Å². The van der Waals surface area contributed by atoms with Crippen LogP contribution in [0.4, 0.5) is 26.3 Å². The zero-order chi connectivity index (χ0) is 17.1. The number of ether oxygens (including phenoxy) is 3. The van der Waals surface area contributed by atoms with Gasteiger partial charge in [0, 0.05) is 6.07 Å². The predicted octanol–water partition coefficient (Wildman–Crippen LogP) is 2.72. The maximum absolute atomic E-state index is 12.9. The van der Waals surface area contributed by atoms with Crippen LogP contribution < -0.4 is 9.47 Å². The molecule has 1 aromatic rings. The number of carbonyl (C=O) groups is 1. The SMILES string of the molecule is COC(=O)Cc1cc(OC)c(C(F)(F)F)c(OC(F)(F)F)n1. The number of carbonyl (C=O) groups excluding carboxylic acids is 1. The van der Waals surface area contributed by atoms with Crippen LogP contribution in [-0.4, -0.2) is 31.5 Å². The van der Waals surface area contributed by atoms with E-state index < -0.39 is 47.8 Å². The second kappa shape index (κ2) is 6.28. The highest BCUT2D eigenvalue weighted by molar-refractivity contribution is 5.72. The van der Waals surface area contributed by atoms with Crippen LogP contribution in [0.25, 0.3) is 0 Å². The Morgan fingerprint density at radius 1 is 1.18 bits per heavy atom. The Morgan fingerprint density at radius 3 is 2.18 bits per heavy atom. The van der Waals surface area contributed by atoms with Gasteiger partial charge in [0.1, 0.15) is 5.75 Å². The van der Waals surface area contributed by atoms with E-state index in [4.69, 9.17) is 0 Å². The van der Waals surface area contributed by atoms with Gasteiger partial charge in [0.05, 0.1) is 26.3 Å². The Bertz CT molecular complexity index is 555. The Morgan fingerprint density at radius 2 is 1.77 bits per heavy atom. The van der Waals surface area contributed by atoms with Gasteiger partial charge in [-0.3, -0.25) is 4.79 Å². The van der Waals surface area contributed by atoms with E-state index in [9.17, 15) is 31.1 Å². The first kappa shape index (κ1) is 17.9. The highest BCUT2D eigenvalue weighted by Crippen LogP contribution is 2.43. The molecule has 0 aliphatic carbocycles. The van der Waals surface area contributed by atoms with Crippen molar-refractivity contribution in [2.24, 2.45) is 0 Å². The molecule has 1 heterocycles. The molecule has 0 radical (unpaired) electrons. The molecule has 1 rings (SSSR count). The third kappa shape index (κ3) is 4.67. The number of methoxy groups -OCH3 is 2. The molecule has 0 aliphatic heterocycles. The maximum atomic E-state index is 12.9. The van der Waals surface area contributed by atoms with E-state index in [1.807, 2.05) is 0 Å². The number of hydrogen-bond donors (Lipinski definition) is 0. The van der Waals surface area contributed by atoms with Gasteiger partial charge >= 0.3 is 18.5 Å². The smallest absolute Gasteiger partial charge is 0.496 e. The van der Waals surface area contributed by atoms with E-state index in [0.29, 0.717) is 6.07 Å². The fourth-order valence-electron chi connectivity index (χ4n) is 1.46. The predicted molar refractivity (Wildman–Crippen MR) is 58.2 cm³/mol. The Labute approximate surface area is 119 Å². The Kier molecular flexibility index (Phi) is 5.09. The van der Waals surface area contributed by atoms with Crippen molar-refractivity contribution in [3.63, 3.8) is 0 Å². The second-order valence-corrected chi connectivity index (χ2v) is 3.79. The number of esters is 1. The first-order valence-corrected chi connectivity index (χ1v) is 5.45. The summed E-state index contributed by atoms with van der Waals surface area (Å²) in [5, 5.41) is 0. The van der Waals surface area contributed by atoms with Gasteiger partial charge in [0.2, 0.25) is 5.88 Å². The van der Waals surface area contributed by atoms with E-state index in [1.165, 1.54) is 0 Å². The average molecular weight is 333 g/mol. The fraction of sp³-hybridized carbons (Fsp3) is 0.455. The minimum absolute atomic E-state index is 0.434. The molecule has 22 heavy (non-hydrogen) atoms. The lowest BCUT2D eigenvalue weighted by Gasteiger charge is -2.18. The summed E-state index contributed by atoms with van der Waals surface area (Å²) in [6.07, 6.45) is -11.3. The summed E-state index contributed by atoms with van der Waals surface area (Å²) in [6, 6.07) is 0.684. The van der Waals surface area contributed by atoms with E-state index in [0.717, 1.165) is 14.2 Å². The molecule has 0 aromatic carbocycles. The molecule has 0 aliphatic rings. The summed E-state index contributed by atoms with van der Waals surface area (Å²) in [7, 11) is 1.82. The molecule has 5 nitrogen and oxygen atoms in total. The quantitative estimate of drug-likeness (QED) is 0.626. The van der Waals surface area contributed by atoms with Crippen LogP contribution in [0.5, 0.6) is 11.6 Å². The normalized spacial score (nSPS) is 12.0. The molecular weight excluding hydrogens is 324 g/mol. The molecule has 1 aromatic heterocycles. The van der Waals surface area contributed by atoms with Crippen LogP contribution in [0.1, 0.15) is 11.3 Å². The molecule has 0 atom stereocenters. The van der Waals surface area contributed by atoms with E-state index in [1.54, 1.807) is 0 Å². The van der Waals surface area contributed by atoms with Gasteiger partial charge in [0.25, 0.3) is 0 Å². The van der Waals surface area contributed by atoms with Crippen molar-refractivity contribution in [3.8, 4) is 11.6 Å². The summed E-state index contributed by atoms with van der Waals surface area (Å²) in [5.41, 5.74) is -2.27. The Hall–Kier alpha value is -2.20. The summed E-state index contributed by atoms with van der Waals surface area (Å²) in [6.45, 7) is 0. The highest BCUT2D eigenvalue weighted by atomic mass is 19.4. The molecular formula is C11H9F6NO4. The summed E-state index contributed by atoms with van der Waals surface area (Å²) >= 11 is 0. The van der Waals surface area contributed by atoms with Crippen LogP contribution >= 0.6 is 0 Å². The summed E-state index contributed by atoms with van der Waals surface area (Å²) in [4.78, 5) is 14.1. The number of pyridine rings is 1. The van der Waals surface area contributed by atoms with Crippen molar-refractivity contribution in [1.29, 1.82) is 0 Å². The topological polar surface area (TPSA) is 57.7 Å². The first-order chi connectivity index (χ1) is 9.97. The fourth-order valence-corrected chi connectivity index (χ4v) is 1.46. The van der Waals surface area contributed by atoms with Gasteiger partial charge in [-0.05, 0) is 0 Å². The highest BCUT2D eigenvalue weighted by Gasteiger charge is 2.43. The third-order valence-corrected chi connectivity index (χ3v) is 2.27. The Balaban J connectivity index is 3.45. The van der Waals surface area contributed by atoms with Crippen molar-refractivity contribution in [2.75, 3.05) is 14.2 Å². The standard InChI is InChI=1S/C11H9F6NO4/c1-20-6-3-5(4-7(19)21-2)18-9(22-11(15,16)17)8(6)10(12,13)14/h3H,4H2,1-2H3. The number of rotatable bonds is 4. The van der Waals surface area contributed by atoms with Crippen LogP contribution in [0.3, 0.4) is 0 Å². The number of nitrogens with zero attached hydrogens (tertiary/aromatic N) is 1. The van der Waals surface area contributed by atoms with Crippen LogP contribution in [0, 0.1) is 0 Å². The zero-order valence-electron chi connectivity index (χ0n) is 11.1. The lowest BCUT2D eigenvalue weighted by Crippen LogP contribution is -2.22.